The summed E-state index contributed by atoms with van der Waals surface area (Å²) in [7, 11) is 0. The van der Waals surface area contributed by atoms with Crippen LogP contribution in [0.25, 0.3) is 0 Å². The predicted octanol–water partition coefficient (Wildman–Crippen LogP) is 2.88. The molecule has 0 radical (unpaired) electrons. The molecule has 1 aliphatic heterocycles. The van der Waals surface area contributed by atoms with Gasteiger partial charge in [-0.05, 0) is 37.3 Å². The molecular weight excluding hydrogens is 351 g/mol. The van der Waals surface area contributed by atoms with E-state index in [0.717, 1.165) is 18.8 Å². The lowest BCUT2D eigenvalue weighted by atomic mass is 10.2. The first-order valence-electron chi connectivity index (χ1n) is 8.74. The molecule has 1 fully saturated rings. The van der Waals surface area contributed by atoms with E-state index in [2.05, 4.69) is 10.2 Å². The first-order chi connectivity index (χ1) is 13.0. The molecule has 0 aliphatic carbocycles. The minimum absolute atomic E-state index is 0.126. The van der Waals surface area contributed by atoms with Crippen LogP contribution in [-0.4, -0.2) is 48.0 Å². The van der Waals surface area contributed by atoms with Crippen molar-refractivity contribution in [1.29, 1.82) is 0 Å². The van der Waals surface area contributed by atoms with Crippen molar-refractivity contribution in [3.05, 3.63) is 64.5 Å². The highest BCUT2D eigenvalue weighted by molar-refractivity contribution is 5.96. The van der Waals surface area contributed by atoms with Gasteiger partial charge in [-0.2, -0.15) is 0 Å². The Labute approximate surface area is 156 Å². The largest absolute Gasteiger partial charge is 0.369 e. The van der Waals surface area contributed by atoms with Gasteiger partial charge in [0.05, 0.1) is 11.0 Å². The Hall–Kier alpha value is -3.00. The summed E-state index contributed by atoms with van der Waals surface area (Å²) >= 11 is 0. The highest BCUT2D eigenvalue weighted by Crippen LogP contribution is 2.24. The number of nitrogens with zero attached hydrogens (tertiary/aromatic N) is 3. The maximum absolute atomic E-state index is 13.1. The van der Waals surface area contributed by atoms with Crippen molar-refractivity contribution in [1.82, 2.24) is 4.90 Å². The van der Waals surface area contributed by atoms with Crippen molar-refractivity contribution in [2.45, 2.75) is 13.0 Å². The second-order valence-electron chi connectivity index (χ2n) is 6.44. The van der Waals surface area contributed by atoms with Crippen LogP contribution < -0.4 is 10.2 Å². The molecule has 27 heavy (non-hydrogen) atoms. The molecular formula is C19H21FN4O3. The van der Waals surface area contributed by atoms with Crippen molar-refractivity contribution in [3.8, 4) is 0 Å². The number of hydrogen-bond donors (Lipinski definition) is 1. The zero-order chi connectivity index (χ0) is 19.4. The lowest BCUT2D eigenvalue weighted by molar-refractivity contribution is -0.383. The molecule has 1 amide bonds. The summed E-state index contributed by atoms with van der Waals surface area (Å²) in [6.07, 6.45) is 0. The number of nitro groups is 1. The molecule has 0 bridgehead atoms. The second-order valence-corrected chi connectivity index (χ2v) is 6.44. The summed E-state index contributed by atoms with van der Waals surface area (Å²) in [5.41, 5.74) is 1.02. The number of hydrogen-bond acceptors (Lipinski definition) is 5. The highest BCUT2D eigenvalue weighted by Gasteiger charge is 2.27. The lowest BCUT2D eigenvalue weighted by Crippen LogP contribution is -2.52. The Morgan fingerprint density at radius 3 is 2.37 bits per heavy atom. The van der Waals surface area contributed by atoms with Crippen LogP contribution in [0.3, 0.4) is 0 Å². The van der Waals surface area contributed by atoms with Crippen LogP contribution in [0.1, 0.15) is 6.92 Å². The number of nitro benzene ring substituents is 1. The number of benzene rings is 2. The Balaban J connectivity index is 1.59. The van der Waals surface area contributed by atoms with Gasteiger partial charge >= 0.3 is 0 Å². The third kappa shape index (κ3) is 4.40. The second kappa shape index (κ2) is 8.13. The molecule has 0 spiro atoms. The standard InChI is InChI=1S/C19H21FN4O3/c1-14(19(25)21-17-4-2-3-5-18(17)24(26)27)22-10-12-23(13-11-22)16-8-6-15(20)7-9-16/h2-9,14H,10-13H2,1H3,(H,21,25). The van der Waals surface area contributed by atoms with Crippen LogP contribution in [0.4, 0.5) is 21.5 Å². The predicted molar refractivity (Wildman–Crippen MR) is 101 cm³/mol. The lowest BCUT2D eigenvalue weighted by Gasteiger charge is -2.38. The Morgan fingerprint density at radius 1 is 1.11 bits per heavy atom. The smallest absolute Gasteiger partial charge is 0.292 e. The van der Waals surface area contributed by atoms with Crippen LogP contribution in [-0.2, 0) is 4.79 Å². The molecule has 1 unspecified atom stereocenters. The summed E-state index contributed by atoms with van der Waals surface area (Å²) < 4.78 is 13.1. The van der Waals surface area contributed by atoms with Crippen LogP contribution in [0, 0.1) is 15.9 Å². The maximum atomic E-state index is 13.1. The molecule has 7 nitrogen and oxygen atoms in total. The van der Waals surface area contributed by atoms with Gasteiger partial charge < -0.3 is 10.2 Å². The van der Waals surface area contributed by atoms with E-state index in [-0.39, 0.29) is 23.1 Å². The van der Waals surface area contributed by atoms with Gasteiger partial charge in [-0.1, -0.05) is 12.1 Å². The molecule has 1 atom stereocenters. The average Bonchev–Trinajstić information content (AvgIpc) is 2.68. The molecule has 0 aromatic heterocycles. The Morgan fingerprint density at radius 2 is 1.74 bits per heavy atom. The molecule has 142 valence electrons. The molecule has 1 saturated heterocycles. The summed E-state index contributed by atoms with van der Waals surface area (Å²) in [5.74, 6) is -0.544. The number of anilines is 2. The number of carbonyl (C=O) groups excluding carboxylic acids is 1. The first kappa shape index (κ1) is 18.8. The van der Waals surface area contributed by atoms with Crippen molar-refractivity contribution < 1.29 is 14.1 Å². The van der Waals surface area contributed by atoms with Crippen LogP contribution in [0.2, 0.25) is 0 Å². The van der Waals surface area contributed by atoms with Crippen LogP contribution in [0.15, 0.2) is 48.5 Å². The van der Waals surface area contributed by atoms with Crippen LogP contribution in [0.5, 0.6) is 0 Å². The molecule has 8 heteroatoms. The van der Waals surface area contributed by atoms with Crippen molar-refractivity contribution >= 4 is 23.0 Å². The summed E-state index contributed by atoms with van der Waals surface area (Å²) in [4.78, 5) is 27.3. The molecule has 1 aliphatic rings. The van der Waals surface area contributed by atoms with Crippen molar-refractivity contribution in [2.75, 3.05) is 36.4 Å². The normalized spacial score (nSPS) is 16.0. The molecule has 3 rings (SSSR count). The minimum atomic E-state index is -0.512. The van der Waals surface area contributed by atoms with E-state index in [1.54, 1.807) is 31.2 Å². The molecule has 0 saturated carbocycles. The molecule has 1 N–H and O–H groups in total. The number of nitrogens with one attached hydrogen (secondary N) is 1. The van der Waals surface area contributed by atoms with E-state index in [1.807, 2.05) is 4.90 Å². The fourth-order valence-electron chi connectivity index (χ4n) is 3.16. The van der Waals surface area contributed by atoms with E-state index in [4.69, 9.17) is 0 Å². The zero-order valence-electron chi connectivity index (χ0n) is 15.0. The van der Waals surface area contributed by atoms with E-state index in [1.165, 1.54) is 24.3 Å². The molecule has 2 aromatic carbocycles. The highest BCUT2D eigenvalue weighted by atomic mass is 19.1. The van der Waals surface area contributed by atoms with E-state index >= 15 is 0 Å². The molecule has 1 heterocycles. The number of para-hydroxylation sites is 2. The van der Waals surface area contributed by atoms with Crippen molar-refractivity contribution in [2.24, 2.45) is 0 Å². The molecule has 2 aromatic rings. The number of halogens is 1. The van der Waals surface area contributed by atoms with Gasteiger partial charge in [-0.3, -0.25) is 19.8 Å². The third-order valence-corrected chi connectivity index (χ3v) is 4.79. The Bertz CT molecular complexity index is 820. The van der Waals surface area contributed by atoms with Gasteiger partial charge in [0.15, 0.2) is 0 Å². The topological polar surface area (TPSA) is 78.7 Å². The van der Waals surface area contributed by atoms with Gasteiger partial charge in [-0.25, -0.2) is 4.39 Å². The first-order valence-corrected chi connectivity index (χ1v) is 8.74. The Kier molecular flexibility index (Phi) is 5.66. The number of rotatable bonds is 5. The average molecular weight is 372 g/mol. The fraction of sp³-hybridized carbons (Fsp3) is 0.316. The monoisotopic (exact) mass is 372 g/mol. The van der Waals surface area contributed by atoms with Gasteiger partial charge in [-0.15, -0.1) is 0 Å². The third-order valence-electron chi connectivity index (χ3n) is 4.79. The van der Waals surface area contributed by atoms with E-state index in [0.29, 0.717) is 13.1 Å². The van der Waals surface area contributed by atoms with Crippen molar-refractivity contribution in [3.63, 3.8) is 0 Å². The zero-order valence-corrected chi connectivity index (χ0v) is 15.0. The minimum Gasteiger partial charge on any atom is -0.369 e. The van der Waals surface area contributed by atoms with Gasteiger partial charge in [0, 0.05) is 37.9 Å². The SMILES string of the molecule is CC(C(=O)Nc1ccccc1[N+](=O)[O-])N1CCN(c2ccc(F)cc2)CC1. The maximum Gasteiger partial charge on any atom is 0.292 e. The van der Waals surface area contributed by atoms with Gasteiger partial charge in [0.2, 0.25) is 5.91 Å². The fourth-order valence-corrected chi connectivity index (χ4v) is 3.16. The van der Waals surface area contributed by atoms with Crippen LogP contribution >= 0.6 is 0 Å². The van der Waals surface area contributed by atoms with E-state index in [9.17, 15) is 19.3 Å². The summed E-state index contributed by atoms with van der Waals surface area (Å²) in [6.45, 7) is 4.56. The number of amides is 1. The number of carbonyl (C=O) groups is 1. The quantitative estimate of drug-likeness (QED) is 0.645. The number of piperazine rings is 1. The summed E-state index contributed by atoms with van der Waals surface area (Å²) in [6, 6.07) is 12.0. The van der Waals surface area contributed by atoms with Gasteiger partial charge in [0.25, 0.3) is 5.69 Å². The van der Waals surface area contributed by atoms with Gasteiger partial charge in [0.1, 0.15) is 11.5 Å². The summed E-state index contributed by atoms with van der Waals surface area (Å²) in [5, 5.41) is 13.7. The van der Waals surface area contributed by atoms with E-state index < -0.39 is 11.0 Å².